The number of rotatable bonds is 7. The summed E-state index contributed by atoms with van der Waals surface area (Å²) >= 11 is 0. The van der Waals surface area contributed by atoms with E-state index in [0.717, 1.165) is 25.0 Å². The van der Waals surface area contributed by atoms with E-state index in [-0.39, 0.29) is 33.7 Å². The van der Waals surface area contributed by atoms with Crippen LogP contribution in [0.1, 0.15) is 35.7 Å². The van der Waals surface area contributed by atoms with Gasteiger partial charge in [0.2, 0.25) is 0 Å². The van der Waals surface area contributed by atoms with Crippen LogP contribution in [0.25, 0.3) is 0 Å². The van der Waals surface area contributed by atoms with Crippen molar-refractivity contribution >= 4 is 27.6 Å². The van der Waals surface area contributed by atoms with Crippen LogP contribution in [-0.4, -0.2) is 32.4 Å². The second-order valence-corrected chi connectivity index (χ2v) is 8.57. The van der Waals surface area contributed by atoms with Crippen LogP contribution in [0.15, 0.2) is 47.4 Å². The normalized spacial score (nSPS) is 14.7. The fourth-order valence-electron chi connectivity index (χ4n) is 2.63. The van der Waals surface area contributed by atoms with E-state index in [4.69, 9.17) is 4.74 Å². The van der Waals surface area contributed by atoms with Gasteiger partial charge in [0.15, 0.2) is 6.10 Å². The Labute approximate surface area is 168 Å². The van der Waals surface area contributed by atoms with E-state index >= 15 is 0 Å². The molecular weight excluding hydrogens is 399 g/mol. The van der Waals surface area contributed by atoms with Gasteiger partial charge in [-0.15, -0.1) is 0 Å². The Balaban J connectivity index is 1.64. The SMILES string of the molecule is Cc1cc(F)ccc1S(=O)(=O)Nc1ccc(C(=O)O[C@H](C)C(=O)NC2CC2)cc1. The van der Waals surface area contributed by atoms with Gasteiger partial charge in [0.1, 0.15) is 5.82 Å². The summed E-state index contributed by atoms with van der Waals surface area (Å²) in [6.07, 6.45) is 0.936. The Hall–Kier alpha value is -2.94. The van der Waals surface area contributed by atoms with Crippen LogP contribution in [-0.2, 0) is 19.6 Å². The highest BCUT2D eigenvalue weighted by atomic mass is 32.2. The quantitative estimate of drug-likeness (QED) is 0.671. The first-order valence-electron chi connectivity index (χ1n) is 9.06. The molecule has 1 aliphatic carbocycles. The highest BCUT2D eigenvalue weighted by molar-refractivity contribution is 7.92. The second kappa shape index (κ2) is 8.20. The number of esters is 1. The van der Waals surface area contributed by atoms with Crippen molar-refractivity contribution in [3.05, 3.63) is 59.4 Å². The summed E-state index contributed by atoms with van der Waals surface area (Å²) in [7, 11) is -3.92. The Kier molecular flexibility index (Phi) is 5.88. The number of ether oxygens (including phenoxy) is 1. The number of hydrogen-bond donors (Lipinski definition) is 2. The Morgan fingerprint density at radius 2 is 1.79 bits per heavy atom. The predicted molar refractivity (Wildman–Crippen MR) is 104 cm³/mol. The van der Waals surface area contributed by atoms with Gasteiger partial charge in [-0.1, -0.05) is 0 Å². The van der Waals surface area contributed by atoms with E-state index in [1.54, 1.807) is 0 Å². The molecule has 1 fully saturated rings. The van der Waals surface area contributed by atoms with Gasteiger partial charge >= 0.3 is 5.97 Å². The molecule has 2 aromatic rings. The summed E-state index contributed by atoms with van der Waals surface area (Å²) in [5.74, 6) is -1.56. The van der Waals surface area contributed by atoms with Gasteiger partial charge in [-0.2, -0.15) is 0 Å². The van der Waals surface area contributed by atoms with Gasteiger partial charge in [0, 0.05) is 11.7 Å². The van der Waals surface area contributed by atoms with E-state index in [0.29, 0.717) is 0 Å². The molecule has 1 amide bonds. The van der Waals surface area contributed by atoms with Crippen molar-refractivity contribution in [1.29, 1.82) is 0 Å². The molecule has 0 aliphatic heterocycles. The van der Waals surface area contributed by atoms with E-state index in [1.165, 1.54) is 44.2 Å². The van der Waals surface area contributed by atoms with Gasteiger partial charge in [-0.3, -0.25) is 9.52 Å². The van der Waals surface area contributed by atoms with Gasteiger partial charge in [0.05, 0.1) is 10.5 Å². The van der Waals surface area contributed by atoms with E-state index < -0.39 is 27.9 Å². The molecule has 0 aromatic heterocycles. The third-order valence-corrected chi connectivity index (χ3v) is 5.92. The number of nitrogens with one attached hydrogen (secondary N) is 2. The van der Waals surface area contributed by atoms with Crippen molar-refractivity contribution in [2.45, 2.75) is 43.7 Å². The van der Waals surface area contributed by atoms with Crippen LogP contribution in [0.3, 0.4) is 0 Å². The second-order valence-electron chi connectivity index (χ2n) is 6.92. The van der Waals surface area contributed by atoms with Crippen LogP contribution < -0.4 is 10.0 Å². The summed E-state index contributed by atoms with van der Waals surface area (Å²) in [4.78, 5) is 24.0. The number of carbonyl (C=O) groups excluding carboxylic acids is 2. The molecule has 2 aromatic carbocycles. The van der Waals surface area contributed by atoms with Crippen LogP contribution in [0, 0.1) is 12.7 Å². The monoisotopic (exact) mass is 420 g/mol. The standard InChI is InChI=1S/C20H21FN2O5S/c1-12-11-15(21)5-10-18(12)29(26,27)23-17-6-3-14(4-7-17)20(25)28-13(2)19(24)22-16-8-9-16/h3-7,10-11,13,16,23H,8-9H2,1-2H3,(H,22,24)/t13-/m1/s1. The number of hydrogen-bond acceptors (Lipinski definition) is 5. The Bertz CT molecular complexity index is 1030. The lowest BCUT2D eigenvalue weighted by atomic mass is 10.2. The summed E-state index contributed by atoms with van der Waals surface area (Å²) in [5, 5.41) is 2.75. The maximum Gasteiger partial charge on any atom is 0.338 e. The van der Waals surface area contributed by atoms with Crippen molar-refractivity contribution in [3.8, 4) is 0 Å². The van der Waals surface area contributed by atoms with Crippen LogP contribution in [0.5, 0.6) is 0 Å². The molecule has 9 heteroatoms. The summed E-state index contributed by atoms with van der Waals surface area (Å²) < 4.78 is 45.7. The molecule has 0 radical (unpaired) electrons. The molecule has 154 valence electrons. The molecule has 0 heterocycles. The van der Waals surface area contributed by atoms with Crippen LogP contribution in [0.2, 0.25) is 0 Å². The minimum atomic E-state index is -3.92. The van der Waals surface area contributed by atoms with Crippen LogP contribution in [0.4, 0.5) is 10.1 Å². The highest BCUT2D eigenvalue weighted by Gasteiger charge is 2.27. The molecule has 3 rings (SSSR count). The molecule has 1 aliphatic rings. The zero-order valence-electron chi connectivity index (χ0n) is 15.9. The van der Waals surface area contributed by atoms with Gasteiger partial charge in [-0.05, 0) is 74.7 Å². The average molecular weight is 420 g/mol. The molecule has 2 N–H and O–H groups in total. The molecule has 1 atom stereocenters. The molecule has 0 spiro atoms. The van der Waals surface area contributed by atoms with Crippen molar-refractivity contribution in [2.24, 2.45) is 0 Å². The average Bonchev–Trinajstić information content (AvgIpc) is 3.45. The zero-order chi connectivity index (χ0) is 21.2. The molecule has 1 saturated carbocycles. The van der Waals surface area contributed by atoms with E-state index in [1.807, 2.05) is 0 Å². The lowest BCUT2D eigenvalue weighted by Gasteiger charge is -2.14. The first-order chi connectivity index (χ1) is 13.7. The molecule has 0 unspecified atom stereocenters. The van der Waals surface area contributed by atoms with Crippen molar-refractivity contribution in [1.82, 2.24) is 5.32 Å². The lowest BCUT2D eigenvalue weighted by molar-refractivity contribution is -0.129. The van der Waals surface area contributed by atoms with Crippen LogP contribution >= 0.6 is 0 Å². The van der Waals surface area contributed by atoms with Crippen molar-refractivity contribution in [2.75, 3.05) is 4.72 Å². The first kappa shape index (κ1) is 20.8. The summed E-state index contributed by atoms with van der Waals surface area (Å²) in [6, 6.07) is 9.15. The number of aryl methyl sites for hydroxylation is 1. The number of benzene rings is 2. The van der Waals surface area contributed by atoms with Crippen molar-refractivity contribution < 1.29 is 27.1 Å². The fraction of sp³-hybridized carbons (Fsp3) is 0.300. The van der Waals surface area contributed by atoms with E-state index in [9.17, 15) is 22.4 Å². The largest absolute Gasteiger partial charge is 0.449 e. The maximum atomic E-state index is 13.2. The van der Waals surface area contributed by atoms with Gasteiger partial charge in [-0.25, -0.2) is 17.6 Å². The molecule has 29 heavy (non-hydrogen) atoms. The molecule has 0 bridgehead atoms. The van der Waals surface area contributed by atoms with Gasteiger partial charge < -0.3 is 10.1 Å². The molecule has 0 saturated heterocycles. The minimum absolute atomic E-state index is 0.0436. The number of amides is 1. The summed E-state index contributed by atoms with van der Waals surface area (Å²) in [5.41, 5.74) is 0.679. The maximum absolute atomic E-state index is 13.2. The number of anilines is 1. The zero-order valence-corrected chi connectivity index (χ0v) is 16.8. The van der Waals surface area contributed by atoms with Gasteiger partial charge in [0.25, 0.3) is 15.9 Å². The topological polar surface area (TPSA) is 102 Å². The third-order valence-electron chi connectivity index (χ3n) is 4.38. The minimum Gasteiger partial charge on any atom is -0.449 e. The van der Waals surface area contributed by atoms with Crippen molar-refractivity contribution in [3.63, 3.8) is 0 Å². The number of carbonyl (C=O) groups is 2. The highest BCUT2D eigenvalue weighted by Crippen LogP contribution is 2.21. The molecular formula is C20H21FN2O5S. The Morgan fingerprint density at radius 3 is 2.38 bits per heavy atom. The summed E-state index contributed by atoms with van der Waals surface area (Å²) in [6.45, 7) is 2.99. The molecule has 7 nitrogen and oxygen atoms in total. The smallest absolute Gasteiger partial charge is 0.338 e. The van der Waals surface area contributed by atoms with E-state index in [2.05, 4.69) is 10.0 Å². The predicted octanol–water partition coefficient (Wildman–Crippen LogP) is 2.76. The fourth-order valence-corrected chi connectivity index (χ4v) is 3.91. The third kappa shape index (κ3) is 5.32. The number of sulfonamides is 1. The lowest BCUT2D eigenvalue weighted by Crippen LogP contribution is -2.37. The Morgan fingerprint density at radius 1 is 1.14 bits per heavy atom. The first-order valence-corrected chi connectivity index (χ1v) is 10.5. The number of halogens is 1.